The maximum atomic E-state index is 5.88. The van der Waals surface area contributed by atoms with Crippen LogP contribution in [0.15, 0.2) is 18.2 Å². The number of imidazole rings is 1. The van der Waals surface area contributed by atoms with Gasteiger partial charge in [0.15, 0.2) is 0 Å². The molecule has 0 bridgehead atoms. The monoisotopic (exact) mass is 280 g/mol. The molecule has 3 nitrogen and oxygen atoms in total. The van der Waals surface area contributed by atoms with Gasteiger partial charge >= 0.3 is 0 Å². The van der Waals surface area contributed by atoms with Crippen molar-refractivity contribution in [1.29, 1.82) is 0 Å². The third-order valence-electron chi connectivity index (χ3n) is 3.34. The Morgan fingerprint density at radius 1 is 1.32 bits per heavy atom. The van der Waals surface area contributed by atoms with Crippen molar-refractivity contribution in [2.75, 3.05) is 13.0 Å². The van der Waals surface area contributed by atoms with E-state index in [0.29, 0.717) is 5.88 Å². The first-order valence-corrected chi connectivity index (χ1v) is 7.42. The molecule has 0 amide bonds. The Morgan fingerprint density at radius 2 is 2.16 bits per heavy atom. The smallest absolute Gasteiger partial charge is 0.121 e. The summed E-state index contributed by atoms with van der Waals surface area (Å²) in [6, 6.07) is 6.07. The number of halogens is 1. The molecule has 1 heterocycles. The van der Waals surface area contributed by atoms with Crippen molar-refractivity contribution in [2.24, 2.45) is 0 Å². The summed E-state index contributed by atoms with van der Waals surface area (Å²) in [7, 11) is 1.68. The Balaban J connectivity index is 2.35. The number of alkyl halides is 1. The number of benzene rings is 1. The van der Waals surface area contributed by atoms with E-state index in [-0.39, 0.29) is 0 Å². The van der Waals surface area contributed by atoms with E-state index < -0.39 is 0 Å². The molecule has 0 saturated carbocycles. The van der Waals surface area contributed by atoms with Gasteiger partial charge in [0.05, 0.1) is 18.1 Å². The van der Waals surface area contributed by atoms with E-state index in [0.717, 1.165) is 30.1 Å². The number of rotatable bonds is 7. The minimum absolute atomic E-state index is 0.605. The molecule has 0 atom stereocenters. The zero-order valence-electron chi connectivity index (χ0n) is 11.7. The summed E-state index contributed by atoms with van der Waals surface area (Å²) in [6.07, 6.45) is 4.47. The van der Waals surface area contributed by atoms with E-state index in [1.165, 1.54) is 24.8 Å². The summed E-state index contributed by atoms with van der Waals surface area (Å²) in [6.45, 7) is 3.24. The van der Waals surface area contributed by atoms with Gasteiger partial charge in [-0.25, -0.2) is 4.98 Å². The summed E-state index contributed by atoms with van der Waals surface area (Å²) in [4.78, 5) is 4.69. The first-order valence-electron chi connectivity index (χ1n) is 6.89. The van der Waals surface area contributed by atoms with Crippen LogP contribution in [0, 0.1) is 0 Å². The lowest BCUT2D eigenvalue weighted by Crippen LogP contribution is -2.04. The van der Waals surface area contributed by atoms with Crippen LogP contribution < -0.4 is 4.74 Å². The second kappa shape index (κ2) is 6.80. The normalized spacial score (nSPS) is 11.1. The summed E-state index contributed by atoms with van der Waals surface area (Å²) in [5.41, 5.74) is 2.17. The highest BCUT2D eigenvalue weighted by Gasteiger charge is 2.10. The van der Waals surface area contributed by atoms with Gasteiger partial charge in [0, 0.05) is 24.9 Å². The molecule has 104 valence electrons. The minimum atomic E-state index is 0.605. The van der Waals surface area contributed by atoms with Gasteiger partial charge in [-0.3, -0.25) is 0 Å². The second-order valence-electron chi connectivity index (χ2n) is 4.68. The van der Waals surface area contributed by atoms with Crippen molar-refractivity contribution in [3.63, 3.8) is 0 Å². The van der Waals surface area contributed by atoms with Crippen LogP contribution >= 0.6 is 11.6 Å². The van der Waals surface area contributed by atoms with Crippen molar-refractivity contribution < 1.29 is 4.74 Å². The van der Waals surface area contributed by atoms with E-state index in [1.54, 1.807) is 7.11 Å². The van der Waals surface area contributed by atoms with E-state index in [4.69, 9.17) is 16.3 Å². The molecule has 0 aliphatic rings. The third-order valence-corrected chi connectivity index (χ3v) is 3.53. The van der Waals surface area contributed by atoms with Crippen LogP contribution in [-0.4, -0.2) is 22.5 Å². The van der Waals surface area contributed by atoms with E-state index >= 15 is 0 Å². The standard InChI is InChI=1S/C15H21ClN2O/c1-3-4-5-10-18-14-7-6-12(19-2)11-13(14)17-15(18)8-9-16/h6-7,11H,3-5,8-10H2,1-2H3. The van der Waals surface area contributed by atoms with Gasteiger partial charge in [-0.15, -0.1) is 11.6 Å². The Bertz CT molecular complexity index is 536. The van der Waals surface area contributed by atoms with Crippen LogP contribution in [-0.2, 0) is 13.0 Å². The number of fused-ring (bicyclic) bond motifs is 1. The molecule has 0 fully saturated rings. The maximum absolute atomic E-state index is 5.88. The Labute approximate surface area is 119 Å². The van der Waals surface area contributed by atoms with Crippen molar-refractivity contribution in [2.45, 2.75) is 39.2 Å². The topological polar surface area (TPSA) is 27.1 Å². The molecule has 0 aliphatic heterocycles. The van der Waals surface area contributed by atoms with Gasteiger partial charge in [0.2, 0.25) is 0 Å². The molecule has 0 N–H and O–H groups in total. The highest BCUT2D eigenvalue weighted by atomic mass is 35.5. The van der Waals surface area contributed by atoms with Gasteiger partial charge in [-0.1, -0.05) is 19.8 Å². The summed E-state index contributed by atoms with van der Waals surface area (Å²) in [5, 5.41) is 0. The zero-order valence-corrected chi connectivity index (χ0v) is 12.4. The van der Waals surface area contributed by atoms with Gasteiger partial charge in [-0.2, -0.15) is 0 Å². The fourth-order valence-corrected chi connectivity index (χ4v) is 2.50. The molecular formula is C15H21ClN2O. The first kappa shape index (κ1) is 14.2. The number of ether oxygens (including phenoxy) is 1. The lowest BCUT2D eigenvalue weighted by atomic mass is 10.2. The van der Waals surface area contributed by atoms with E-state index in [1.807, 2.05) is 12.1 Å². The van der Waals surface area contributed by atoms with Gasteiger partial charge in [0.25, 0.3) is 0 Å². The van der Waals surface area contributed by atoms with Crippen LogP contribution in [0.5, 0.6) is 5.75 Å². The summed E-state index contributed by atoms with van der Waals surface area (Å²) >= 11 is 5.88. The molecule has 19 heavy (non-hydrogen) atoms. The Hall–Kier alpha value is -1.22. The number of unbranched alkanes of at least 4 members (excludes halogenated alkanes) is 2. The predicted molar refractivity (Wildman–Crippen MR) is 80.2 cm³/mol. The largest absolute Gasteiger partial charge is 0.497 e. The van der Waals surface area contributed by atoms with Crippen LogP contribution in [0.2, 0.25) is 0 Å². The van der Waals surface area contributed by atoms with Crippen LogP contribution in [0.4, 0.5) is 0 Å². The molecule has 1 aromatic carbocycles. The Kier molecular flexibility index (Phi) is 5.08. The van der Waals surface area contributed by atoms with Crippen molar-refractivity contribution in [3.8, 4) is 5.75 Å². The highest BCUT2D eigenvalue weighted by molar-refractivity contribution is 6.17. The molecule has 2 aromatic rings. The van der Waals surface area contributed by atoms with Crippen molar-refractivity contribution >= 4 is 22.6 Å². The number of methoxy groups -OCH3 is 1. The average Bonchev–Trinajstić information content (AvgIpc) is 2.76. The maximum Gasteiger partial charge on any atom is 0.121 e. The molecule has 0 radical (unpaired) electrons. The fourth-order valence-electron chi connectivity index (χ4n) is 2.33. The van der Waals surface area contributed by atoms with Crippen LogP contribution in [0.3, 0.4) is 0 Å². The first-order chi connectivity index (χ1) is 9.30. The molecule has 0 saturated heterocycles. The lowest BCUT2D eigenvalue weighted by molar-refractivity contribution is 0.415. The van der Waals surface area contributed by atoms with Gasteiger partial charge < -0.3 is 9.30 Å². The molecule has 2 rings (SSSR count). The van der Waals surface area contributed by atoms with Crippen LogP contribution in [0.25, 0.3) is 11.0 Å². The van der Waals surface area contributed by atoms with E-state index in [9.17, 15) is 0 Å². The number of nitrogens with zero attached hydrogens (tertiary/aromatic N) is 2. The van der Waals surface area contributed by atoms with E-state index in [2.05, 4.69) is 22.5 Å². The molecule has 0 unspecified atom stereocenters. The number of hydrogen-bond acceptors (Lipinski definition) is 2. The molecular weight excluding hydrogens is 260 g/mol. The average molecular weight is 281 g/mol. The molecule has 1 aromatic heterocycles. The summed E-state index contributed by atoms with van der Waals surface area (Å²) < 4.78 is 7.55. The van der Waals surface area contributed by atoms with Gasteiger partial charge in [-0.05, 0) is 18.6 Å². The summed E-state index contributed by atoms with van der Waals surface area (Å²) in [5.74, 6) is 2.53. The fraction of sp³-hybridized carbons (Fsp3) is 0.533. The Morgan fingerprint density at radius 3 is 2.84 bits per heavy atom. The van der Waals surface area contributed by atoms with Crippen molar-refractivity contribution in [1.82, 2.24) is 9.55 Å². The molecule has 0 spiro atoms. The third kappa shape index (κ3) is 3.21. The predicted octanol–water partition coefficient (Wildman–Crippen LogP) is 4.02. The van der Waals surface area contributed by atoms with Gasteiger partial charge in [0.1, 0.15) is 11.6 Å². The lowest BCUT2D eigenvalue weighted by Gasteiger charge is -2.08. The number of aromatic nitrogens is 2. The number of hydrogen-bond donors (Lipinski definition) is 0. The minimum Gasteiger partial charge on any atom is -0.497 e. The SMILES string of the molecule is CCCCCn1c(CCCl)nc2cc(OC)ccc21. The molecule has 4 heteroatoms. The zero-order chi connectivity index (χ0) is 13.7. The number of aryl methyl sites for hydroxylation is 2. The van der Waals surface area contributed by atoms with Crippen molar-refractivity contribution in [3.05, 3.63) is 24.0 Å². The highest BCUT2D eigenvalue weighted by Crippen LogP contribution is 2.23. The molecule has 0 aliphatic carbocycles. The second-order valence-corrected chi connectivity index (χ2v) is 5.06. The quantitative estimate of drug-likeness (QED) is 0.566. The van der Waals surface area contributed by atoms with Crippen LogP contribution in [0.1, 0.15) is 32.0 Å².